The summed E-state index contributed by atoms with van der Waals surface area (Å²) in [7, 11) is 3.47. The standard InChI is InChI=1S/C16H25BrN6O/c1-11-8-12(11)9-19-15(18-2)22-4-6-23(7-5-22)16-20-10-13(17)14(21-16)24-3/h10-12H,4-9H2,1-3H3,(H,18,19). The van der Waals surface area contributed by atoms with E-state index in [1.165, 1.54) is 6.42 Å². The molecule has 132 valence electrons. The number of aliphatic imine (C=N–C) groups is 1. The van der Waals surface area contributed by atoms with Gasteiger partial charge in [-0.2, -0.15) is 4.98 Å². The Balaban J connectivity index is 1.54. The number of anilines is 1. The smallest absolute Gasteiger partial charge is 0.232 e. The maximum absolute atomic E-state index is 5.26. The fourth-order valence-corrected chi connectivity index (χ4v) is 3.35. The minimum atomic E-state index is 0.568. The minimum Gasteiger partial charge on any atom is -0.480 e. The van der Waals surface area contributed by atoms with E-state index in [0.717, 1.165) is 55.0 Å². The van der Waals surface area contributed by atoms with E-state index in [0.29, 0.717) is 11.8 Å². The Morgan fingerprint density at radius 2 is 2.12 bits per heavy atom. The molecule has 1 aromatic heterocycles. The second-order valence-corrected chi connectivity index (χ2v) is 7.26. The van der Waals surface area contributed by atoms with Crippen LogP contribution in [0.2, 0.25) is 0 Å². The number of rotatable bonds is 4. The fourth-order valence-electron chi connectivity index (χ4n) is 2.99. The van der Waals surface area contributed by atoms with Crippen molar-refractivity contribution in [2.24, 2.45) is 16.8 Å². The van der Waals surface area contributed by atoms with Crippen molar-refractivity contribution in [2.75, 3.05) is 51.8 Å². The molecule has 2 heterocycles. The van der Waals surface area contributed by atoms with Gasteiger partial charge in [0.25, 0.3) is 0 Å². The molecular formula is C16H25BrN6O. The molecule has 7 nitrogen and oxygen atoms in total. The summed E-state index contributed by atoms with van der Waals surface area (Å²) in [6.45, 7) is 6.88. The Labute approximate surface area is 151 Å². The fraction of sp³-hybridized carbons (Fsp3) is 0.688. The molecule has 1 saturated carbocycles. The van der Waals surface area contributed by atoms with E-state index in [1.807, 2.05) is 7.05 Å². The molecule has 8 heteroatoms. The average molecular weight is 397 g/mol. The van der Waals surface area contributed by atoms with Gasteiger partial charge in [0.05, 0.1) is 17.8 Å². The zero-order valence-corrected chi connectivity index (χ0v) is 16.1. The molecule has 2 atom stereocenters. The summed E-state index contributed by atoms with van der Waals surface area (Å²) in [5.41, 5.74) is 0. The molecule has 2 fully saturated rings. The molecule has 2 unspecified atom stereocenters. The molecule has 1 saturated heterocycles. The van der Waals surface area contributed by atoms with Crippen molar-refractivity contribution in [3.63, 3.8) is 0 Å². The Bertz CT molecular complexity index is 602. The zero-order valence-electron chi connectivity index (χ0n) is 14.5. The predicted octanol–water partition coefficient (Wildman–Crippen LogP) is 1.60. The number of aromatic nitrogens is 2. The summed E-state index contributed by atoms with van der Waals surface area (Å²) in [4.78, 5) is 17.8. The molecule has 0 spiro atoms. The summed E-state index contributed by atoms with van der Waals surface area (Å²) >= 11 is 3.39. The van der Waals surface area contributed by atoms with Crippen molar-refractivity contribution in [3.05, 3.63) is 10.7 Å². The van der Waals surface area contributed by atoms with Crippen LogP contribution >= 0.6 is 15.9 Å². The lowest BCUT2D eigenvalue weighted by atomic mass is 10.3. The number of hydrogen-bond donors (Lipinski definition) is 1. The quantitative estimate of drug-likeness (QED) is 0.615. The zero-order chi connectivity index (χ0) is 17.1. The lowest BCUT2D eigenvalue weighted by Crippen LogP contribution is -2.53. The molecule has 0 amide bonds. The van der Waals surface area contributed by atoms with Crippen LogP contribution in [0.15, 0.2) is 15.7 Å². The Hall–Kier alpha value is -1.57. The van der Waals surface area contributed by atoms with E-state index in [-0.39, 0.29) is 0 Å². The number of ether oxygens (including phenoxy) is 1. The summed E-state index contributed by atoms with van der Waals surface area (Å²) in [6, 6.07) is 0. The molecule has 0 radical (unpaired) electrons. The van der Waals surface area contributed by atoms with E-state index in [9.17, 15) is 0 Å². The molecule has 24 heavy (non-hydrogen) atoms. The van der Waals surface area contributed by atoms with Crippen molar-refractivity contribution in [1.82, 2.24) is 20.2 Å². The number of nitrogens with zero attached hydrogens (tertiary/aromatic N) is 5. The van der Waals surface area contributed by atoms with Crippen LogP contribution in [0.25, 0.3) is 0 Å². The van der Waals surface area contributed by atoms with Crippen LogP contribution in [-0.2, 0) is 0 Å². The molecular weight excluding hydrogens is 372 g/mol. The monoisotopic (exact) mass is 396 g/mol. The molecule has 1 aliphatic carbocycles. The van der Waals surface area contributed by atoms with Gasteiger partial charge in [0, 0.05) is 39.8 Å². The lowest BCUT2D eigenvalue weighted by molar-refractivity contribution is 0.365. The van der Waals surface area contributed by atoms with Crippen LogP contribution in [0.3, 0.4) is 0 Å². The Kier molecular flexibility index (Phi) is 5.43. The molecule has 1 aromatic rings. The number of halogens is 1. The molecule has 0 aromatic carbocycles. The number of piperazine rings is 1. The van der Waals surface area contributed by atoms with Crippen molar-refractivity contribution >= 4 is 27.8 Å². The number of methoxy groups -OCH3 is 1. The largest absolute Gasteiger partial charge is 0.480 e. The highest BCUT2D eigenvalue weighted by Gasteiger charge is 2.32. The van der Waals surface area contributed by atoms with Crippen LogP contribution in [0, 0.1) is 11.8 Å². The predicted molar refractivity (Wildman–Crippen MR) is 98.7 cm³/mol. The van der Waals surface area contributed by atoms with E-state index in [1.54, 1.807) is 13.3 Å². The summed E-state index contributed by atoms with van der Waals surface area (Å²) in [6.07, 6.45) is 3.07. The third kappa shape index (κ3) is 3.91. The van der Waals surface area contributed by atoms with Crippen molar-refractivity contribution in [3.8, 4) is 5.88 Å². The van der Waals surface area contributed by atoms with Gasteiger partial charge in [-0.05, 0) is 34.2 Å². The SMILES string of the molecule is CN=C(NCC1CC1C)N1CCN(c2ncc(Br)c(OC)n2)CC1. The van der Waals surface area contributed by atoms with Gasteiger partial charge in [0.1, 0.15) is 0 Å². The topological polar surface area (TPSA) is 65.9 Å². The highest BCUT2D eigenvalue weighted by molar-refractivity contribution is 9.10. The van der Waals surface area contributed by atoms with Crippen molar-refractivity contribution in [1.29, 1.82) is 0 Å². The molecule has 0 bridgehead atoms. The van der Waals surface area contributed by atoms with Crippen LogP contribution in [0.4, 0.5) is 5.95 Å². The number of guanidine groups is 1. The summed E-state index contributed by atoms with van der Waals surface area (Å²) in [5.74, 6) is 3.95. The number of nitrogens with one attached hydrogen (secondary N) is 1. The first-order valence-electron chi connectivity index (χ1n) is 8.39. The maximum Gasteiger partial charge on any atom is 0.232 e. The van der Waals surface area contributed by atoms with Gasteiger partial charge in [0.2, 0.25) is 11.8 Å². The van der Waals surface area contributed by atoms with Crippen molar-refractivity contribution in [2.45, 2.75) is 13.3 Å². The highest BCUT2D eigenvalue weighted by atomic mass is 79.9. The van der Waals surface area contributed by atoms with E-state index < -0.39 is 0 Å². The maximum atomic E-state index is 5.26. The normalized spacial score (nSPS) is 24.1. The van der Waals surface area contributed by atoms with Gasteiger partial charge in [0.15, 0.2) is 5.96 Å². The van der Waals surface area contributed by atoms with Gasteiger partial charge in [-0.3, -0.25) is 4.99 Å². The van der Waals surface area contributed by atoms with Crippen LogP contribution < -0.4 is 15.0 Å². The molecule has 1 N–H and O–H groups in total. The first-order chi connectivity index (χ1) is 11.6. The third-order valence-electron chi connectivity index (χ3n) is 4.76. The highest BCUT2D eigenvalue weighted by Crippen LogP contribution is 2.36. The Morgan fingerprint density at radius 3 is 2.71 bits per heavy atom. The lowest BCUT2D eigenvalue weighted by Gasteiger charge is -2.36. The minimum absolute atomic E-state index is 0.568. The summed E-state index contributed by atoms with van der Waals surface area (Å²) < 4.78 is 6.03. The second-order valence-electron chi connectivity index (χ2n) is 6.40. The van der Waals surface area contributed by atoms with Gasteiger partial charge in [-0.25, -0.2) is 4.98 Å². The van der Waals surface area contributed by atoms with Crippen molar-refractivity contribution < 1.29 is 4.74 Å². The van der Waals surface area contributed by atoms with E-state index >= 15 is 0 Å². The van der Waals surface area contributed by atoms with Gasteiger partial charge in [-0.1, -0.05) is 6.92 Å². The third-order valence-corrected chi connectivity index (χ3v) is 5.31. The van der Waals surface area contributed by atoms with E-state index in [2.05, 4.69) is 52.9 Å². The number of hydrogen-bond acceptors (Lipinski definition) is 5. The molecule has 3 rings (SSSR count). The van der Waals surface area contributed by atoms with Gasteiger partial charge >= 0.3 is 0 Å². The van der Waals surface area contributed by atoms with Gasteiger partial charge in [-0.15, -0.1) is 0 Å². The summed E-state index contributed by atoms with van der Waals surface area (Å²) in [5, 5.41) is 3.51. The molecule has 2 aliphatic rings. The average Bonchev–Trinajstić information content (AvgIpc) is 3.32. The first kappa shape index (κ1) is 17.3. The second kappa shape index (κ2) is 7.55. The van der Waals surface area contributed by atoms with Crippen LogP contribution in [0.5, 0.6) is 5.88 Å². The van der Waals surface area contributed by atoms with Crippen LogP contribution in [0.1, 0.15) is 13.3 Å². The molecule has 1 aliphatic heterocycles. The van der Waals surface area contributed by atoms with Crippen LogP contribution in [-0.4, -0.2) is 67.7 Å². The first-order valence-corrected chi connectivity index (χ1v) is 9.18. The van der Waals surface area contributed by atoms with Gasteiger partial charge < -0.3 is 19.9 Å². The van der Waals surface area contributed by atoms with E-state index in [4.69, 9.17) is 4.74 Å². The Morgan fingerprint density at radius 1 is 1.42 bits per heavy atom.